The molecule has 1 aromatic heterocycles. The first kappa shape index (κ1) is 12.7. The number of hydrogen-bond acceptors (Lipinski definition) is 3. The average Bonchev–Trinajstić information content (AvgIpc) is 2.70. The summed E-state index contributed by atoms with van der Waals surface area (Å²) in [4.78, 5) is 5.88. The van der Waals surface area contributed by atoms with E-state index in [1.807, 2.05) is 24.3 Å². The van der Waals surface area contributed by atoms with Gasteiger partial charge < -0.3 is 5.73 Å². The van der Waals surface area contributed by atoms with E-state index in [-0.39, 0.29) is 6.04 Å². The second kappa shape index (κ2) is 5.29. The van der Waals surface area contributed by atoms with Gasteiger partial charge in [-0.15, -0.1) is 11.3 Å². The third-order valence-corrected chi connectivity index (χ3v) is 4.36. The van der Waals surface area contributed by atoms with Crippen LogP contribution < -0.4 is 5.73 Å². The molecule has 0 aliphatic heterocycles. The number of rotatable bonds is 3. The first-order valence-electron chi connectivity index (χ1n) is 5.59. The van der Waals surface area contributed by atoms with Crippen molar-refractivity contribution in [2.45, 2.75) is 26.3 Å². The van der Waals surface area contributed by atoms with Gasteiger partial charge in [-0.05, 0) is 31.0 Å². The lowest BCUT2D eigenvalue weighted by Gasteiger charge is -2.08. The van der Waals surface area contributed by atoms with Crippen LogP contribution in [0.15, 0.2) is 28.7 Å². The summed E-state index contributed by atoms with van der Waals surface area (Å²) in [5.41, 5.74) is 8.50. The molecule has 2 aromatic rings. The Morgan fingerprint density at radius 1 is 1.35 bits per heavy atom. The van der Waals surface area contributed by atoms with Gasteiger partial charge >= 0.3 is 0 Å². The summed E-state index contributed by atoms with van der Waals surface area (Å²) in [5.74, 6) is 0. The minimum atomic E-state index is -0.118. The highest BCUT2D eigenvalue weighted by molar-refractivity contribution is 9.10. The van der Waals surface area contributed by atoms with Crippen molar-refractivity contribution >= 4 is 27.3 Å². The van der Waals surface area contributed by atoms with Gasteiger partial charge in [0.25, 0.3) is 0 Å². The molecule has 0 aliphatic rings. The molecule has 0 radical (unpaired) electrons. The van der Waals surface area contributed by atoms with Crippen LogP contribution in [0.5, 0.6) is 0 Å². The van der Waals surface area contributed by atoms with Crippen molar-refractivity contribution in [3.05, 3.63) is 49.9 Å². The van der Waals surface area contributed by atoms with E-state index in [0.29, 0.717) is 0 Å². The van der Waals surface area contributed by atoms with Gasteiger partial charge in [-0.1, -0.05) is 35.0 Å². The largest absolute Gasteiger partial charge is 0.318 e. The molecule has 0 bridgehead atoms. The van der Waals surface area contributed by atoms with Crippen molar-refractivity contribution in [1.29, 1.82) is 0 Å². The Morgan fingerprint density at radius 2 is 2.00 bits per heavy atom. The van der Waals surface area contributed by atoms with Gasteiger partial charge in [0.05, 0.1) is 11.7 Å². The molecule has 1 aromatic carbocycles. The molecule has 2 nitrogen and oxygen atoms in total. The van der Waals surface area contributed by atoms with Gasteiger partial charge in [0.15, 0.2) is 0 Å². The van der Waals surface area contributed by atoms with E-state index < -0.39 is 0 Å². The fourth-order valence-electron chi connectivity index (χ4n) is 1.72. The molecular weight excluding hydrogens is 296 g/mol. The first-order valence-corrected chi connectivity index (χ1v) is 7.20. The summed E-state index contributed by atoms with van der Waals surface area (Å²) >= 11 is 5.12. The molecule has 0 saturated carbocycles. The monoisotopic (exact) mass is 310 g/mol. The second-order valence-corrected chi connectivity index (χ2v) is 6.09. The van der Waals surface area contributed by atoms with E-state index in [0.717, 1.165) is 27.2 Å². The Balaban J connectivity index is 2.29. The minimum Gasteiger partial charge on any atom is -0.318 e. The lowest BCUT2D eigenvalue weighted by atomic mass is 10.1. The molecule has 2 N–H and O–H groups in total. The zero-order valence-corrected chi connectivity index (χ0v) is 12.3. The Kier molecular flexibility index (Phi) is 3.97. The molecule has 0 saturated heterocycles. The van der Waals surface area contributed by atoms with Crippen LogP contribution in [0.4, 0.5) is 0 Å². The Morgan fingerprint density at radius 3 is 2.53 bits per heavy atom. The molecule has 2 rings (SSSR count). The lowest BCUT2D eigenvalue weighted by Crippen LogP contribution is -2.11. The van der Waals surface area contributed by atoms with E-state index in [4.69, 9.17) is 5.73 Å². The molecule has 1 unspecified atom stereocenters. The Hall–Kier alpha value is -0.710. The van der Waals surface area contributed by atoms with Crippen LogP contribution >= 0.6 is 27.3 Å². The summed E-state index contributed by atoms with van der Waals surface area (Å²) in [7, 11) is 0. The first-order chi connectivity index (χ1) is 8.11. The van der Waals surface area contributed by atoms with Gasteiger partial charge in [0, 0.05) is 9.35 Å². The van der Waals surface area contributed by atoms with Crippen LogP contribution in [-0.4, -0.2) is 4.98 Å². The number of hydrogen-bond donors (Lipinski definition) is 1. The number of halogens is 1. The fourth-order valence-corrected chi connectivity index (χ4v) is 3.03. The van der Waals surface area contributed by atoms with E-state index in [9.17, 15) is 0 Å². The molecular formula is C13H15BrN2S. The maximum atomic E-state index is 6.24. The van der Waals surface area contributed by atoms with Crippen molar-refractivity contribution in [2.24, 2.45) is 5.73 Å². The van der Waals surface area contributed by atoms with Gasteiger partial charge in [-0.25, -0.2) is 4.98 Å². The summed E-state index contributed by atoms with van der Waals surface area (Å²) in [6, 6.07) is 7.98. The highest BCUT2D eigenvalue weighted by Gasteiger charge is 2.14. The van der Waals surface area contributed by atoms with Crippen LogP contribution in [0, 0.1) is 6.92 Å². The Labute approximate surface area is 114 Å². The van der Waals surface area contributed by atoms with Crippen LogP contribution in [0.2, 0.25) is 0 Å². The highest BCUT2D eigenvalue weighted by atomic mass is 79.9. The van der Waals surface area contributed by atoms with Gasteiger partial charge in [-0.2, -0.15) is 0 Å². The number of aromatic nitrogens is 1. The van der Waals surface area contributed by atoms with E-state index >= 15 is 0 Å². The number of thiazole rings is 1. The fraction of sp³-hybridized carbons (Fsp3) is 0.308. The third kappa shape index (κ3) is 2.76. The summed E-state index contributed by atoms with van der Waals surface area (Å²) < 4.78 is 1.07. The molecule has 1 heterocycles. The van der Waals surface area contributed by atoms with Crippen molar-refractivity contribution in [1.82, 2.24) is 4.98 Å². The molecule has 1 atom stereocenters. The number of nitrogens with zero attached hydrogens (tertiary/aromatic N) is 1. The highest BCUT2D eigenvalue weighted by Crippen LogP contribution is 2.27. The zero-order valence-electron chi connectivity index (χ0n) is 9.90. The molecule has 17 heavy (non-hydrogen) atoms. The quantitative estimate of drug-likeness (QED) is 0.936. The van der Waals surface area contributed by atoms with Crippen LogP contribution in [-0.2, 0) is 6.42 Å². The topological polar surface area (TPSA) is 38.9 Å². The zero-order chi connectivity index (χ0) is 12.4. The Bertz CT molecular complexity index is 505. The maximum Gasteiger partial charge on any atom is 0.114 e. The molecule has 90 valence electrons. The number of nitrogens with two attached hydrogens (primary N) is 1. The van der Waals surface area contributed by atoms with Gasteiger partial charge in [0.1, 0.15) is 5.01 Å². The van der Waals surface area contributed by atoms with E-state index in [1.54, 1.807) is 11.3 Å². The SMILES string of the molecule is CCc1nc(C(N)c2ccc(Br)cc2)sc1C. The summed E-state index contributed by atoms with van der Waals surface area (Å²) in [6.45, 7) is 4.23. The van der Waals surface area contributed by atoms with Crippen LogP contribution in [0.3, 0.4) is 0 Å². The van der Waals surface area contributed by atoms with Gasteiger partial charge in [-0.3, -0.25) is 0 Å². The molecule has 0 spiro atoms. The normalized spacial score (nSPS) is 12.7. The third-order valence-electron chi connectivity index (χ3n) is 2.74. The second-order valence-electron chi connectivity index (χ2n) is 3.94. The predicted octanol–water partition coefficient (Wildman–Crippen LogP) is 3.82. The smallest absolute Gasteiger partial charge is 0.114 e. The van der Waals surface area contributed by atoms with E-state index in [2.05, 4.69) is 34.8 Å². The summed E-state index contributed by atoms with van der Waals surface area (Å²) in [5, 5.41) is 1.00. The van der Waals surface area contributed by atoms with E-state index in [1.165, 1.54) is 4.88 Å². The molecule has 0 fully saturated rings. The van der Waals surface area contributed by atoms with Crippen molar-refractivity contribution in [3.63, 3.8) is 0 Å². The maximum absolute atomic E-state index is 6.24. The minimum absolute atomic E-state index is 0.118. The number of aryl methyl sites for hydroxylation is 2. The van der Waals surface area contributed by atoms with Crippen LogP contribution in [0.1, 0.15) is 34.1 Å². The standard InChI is InChI=1S/C13H15BrN2S/c1-3-11-8(2)17-13(16-11)12(15)9-4-6-10(14)7-5-9/h4-7,12H,3,15H2,1-2H3. The van der Waals surface area contributed by atoms with Crippen molar-refractivity contribution < 1.29 is 0 Å². The molecule has 0 aliphatic carbocycles. The number of benzene rings is 1. The molecule has 0 amide bonds. The van der Waals surface area contributed by atoms with Crippen molar-refractivity contribution in [3.8, 4) is 0 Å². The summed E-state index contributed by atoms with van der Waals surface area (Å²) in [6.07, 6.45) is 0.968. The van der Waals surface area contributed by atoms with Crippen LogP contribution in [0.25, 0.3) is 0 Å². The molecule has 4 heteroatoms. The predicted molar refractivity (Wildman–Crippen MR) is 76.4 cm³/mol. The average molecular weight is 311 g/mol. The lowest BCUT2D eigenvalue weighted by molar-refractivity contribution is 0.844. The van der Waals surface area contributed by atoms with Gasteiger partial charge in [0.2, 0.25) is 0 Å². The van der Waals surface area contributed by atoms with Crippen molar-refractivity contribution in [2.75, 3.05) is 0 Å².